The van der Waals surface area contributed by atoms with Crippen molar-refractivity contribution in [1.82, 2.24) is 19.5 Å². The number of hydrogen-bond donors (Lipinski definition) is 0. The highest BCUT2D eigenvalue weighted by molar-refractivity contribution is 8.36. The van der Waals surface area contributed by atoms with Gasteiger partial charge in [-0.2, -0.15) is 20.0 Å². The van der Waals surface area contributed by atoms with Gasteiger partial charge in [0.1, 0.15) is 0 Å². The summed E-state index contributed by atoms with van der Waals surface area (Å²) in [6.45, 7) is 0. The first-order valence-electron chi connectivity index (χ1n) is 14.0. The van der Waals surface area contributed by atoms with Gasteiger partial charge in [-0.3, -0.25) is 4.57 Å². The van der Waals surface area contributed by atoms with Crippen LogP contribution in [0.5, 0.6) is 0 Å². The molecule has 4 nitrogen and oxygen atoms in total. The van der Waals surface area contributed by atoms with Crippen molar-refractivity contribution in [3.63, 3.8) is 0 Å². The molecule has 5 heteroatoms. The molecule has 3 heterocycles. The summed E-state index contributed by atoms with van der Waals surface area (Å²) in [7, 11) is -1.15. The Labute approximate surface area is 235 Å². The fourth-order valence-corrected chi connectivity index (χ4v) is 9.89. The molecule has 2 aliphatic rings. The van der Waals surface area contributed by atoms with E-state index < -0.39 is 10.0 Å². The number of hydrogen-bond acceptors (Lipinski definition) is 3. The van der Waals surface area contributed by atoms with Gasteiger partial charge in [-0.25, -0.2) is 4.98 Å². The Balaban J connectivity index is 1.49. The third-order valence-electron chi connectivity index (χ3n) is 8.55. The quantitative estimate of drug-likeness (QED) is 0.226. The lowest BCUT2D eigenvalue weighted by Gasteiger charge is -2.33. The molecular formula is C35H30N4S. The van der Waals surface area contributed by atoms with Crippen molar-refractivity contribution in [1.29, 1.82) is 0 Å². The van der Waals surface area contributed by atoms with Gasteiger partial charge in [0, 0.05) is 26.8 Å². The van der Waals surface area contributed by atoms with Gasteiger partial charge >= 0.3 is 0 Å². The van der Waals surface area contributed by atoms with Crippen LogP contribution in [0.2, 0.25) is 0 Å². The Kier molecular flexibility index (Phi) is 5.26. The molecule has 0 atom stereocenters. The van der Waals surface area contributed by atoms with Gasteiger partial charge in [-0.15, -0.1) is 0 Å². The lowest BCUT2D eigenvalue weighted by Crippen LogP contribution is -2.08. The van der Waals surface area contributed by atoms with E-state index in [0.29, 0.717) is 17.6 Å². The highest BCUT2D eigenvalue weighted by Gasteiger charge is 2.38. The molecule has 2 aromatic heterocycles. The predicted molar refractivity (Wildman–Crippen MR) is 168 cm³/mol. The molecule has 0 radical (unpaired) electrons. The van der Waals surface area contributed by atoms with Crippen molar-refractivity contribution in [2.24, 2.45) is 0 Å². The summed E-state index contributed by atoms with van der Waals surface area (Å²) in [6.07, 6.45) is 9.98. The number of rotatable bonds is 3. The second kappa shape index (κ2) is 8.90. The lowest BCUT2D eigenvalue weighted by molar-refractivity contribution is 0.736. The van der Waals surface area contributed by atoms with E-state index >= 15 is 0 Å². The Morgan fingerprint density at radius 2 is 1.25 bits per heavy atom. The number of allylic oxidation sites excluding steroid dienone is 2. The zero-order valence-corrected chi connectivity index (χ0v) is 23.6. The molecule has 0 spiro atoms. The smallest absolute Gasteiger partial charge is 0.238 e. The highest BCUT2D eigenvalue weighted by Crippen LogP contribution is 2.70. The molecule has 0 saturated heterocycles. The van der Waals surface area contributed by atoms with E-state index in [2.05, 4.69) is 77.7 Å². The van der Waals surface area contributed by atoms with Gasteiger partial charge in [0.25, 0.3) is 0 Å². The molecular weight excluding hydrogens is 508 g/mol. The van der Waals surface area contributed by atoms with Crippen LogP contribution in [0.15, 0.2) is 107 Å². The molecule has 0 bridgehead atoms. The van der Waals surface area contributed by atoms with Crippen molar-refractivity contribution in [3.05, 3.63) is 108 Å². The summed E-state index contributed by atoms with van der Waals surface area (Å²) >= 11 is 0. The van der Waals surface area contributed by atoms with Gasteiger partial charge in [-0.05, 0) is 60.3 Å². The highest BCUT2D eigenvalue weighted by atomic mass is 32.3. The largest absolute Gasteiger partial charge is 0.277 e. The second-order valence-electron chi connectivity index (χ2n) is 11.1. The second-order valence-corrected chi connectivity index (χ2v) is 14.7. The summed E-state index contributed by atoms with van der Waals surface area (Å²) < 4.78 is 2.33. The maximum absolute atomic E-state index is 5.17. The average Bonchev–Trinajstić information content (AvgIpc) is 3.47. The summed E-state index contributed by atoms with van der Waals surface area (Å²) in [4.78, 5) is 18.5. The Hall–Kier alpha value is -4.22. The zero-order valence-electron chi connectivity index (χ0n) is 22.8. The van der Waals surface area contributed by atoms with E-state index in [4.69, 9.17) is 15.0 Å². The maximum atomic E-state index is 5.17. The normalized spacial score (nSPS) is 16.8. The Bertz CT molecular complexity index is 1910. The van der Waals surface area contributed by atoms with Crippen molar-refractivity contribution in [3.8, 4) is 28.7 Å². The predicted octanol–water partition coefficient (Wildman–Crippen LogP) is 9.02. The van der Waals surface area contributed by atoms with Crippen LogP contribution in [0.4, 0.5) is 0 Å². The van der Waals surface area contributed by atoms with Crippen molar-refractivity contribution >= 4 is 37.4 Å². The third kappa shape index (κ3) is 3.44. The first-order chi connectivity index (χ1) is 19.6. The molecule has 1 aliphatic heterocycles. The maximum Gasteiger partial charge on any atom is 0.238 e. The summed E-state index contributed by atoms with van der Waals surface area (Å²) in [5.41, 5.74) is 7.42. The van der Waals surface area contributed by atoms with Gasteiger partial charge in [-0.1, -0.05) is 91.0 Å². The molecule has 196 valence electrons. The number of para-hydroxylation sites is 1. The molecule has 8 rings (SSSR count). The number of benzene rings is 4. The minimum atomic E-state index is -1.15. The monoisotopic (exact) mass is 538 g/mol. The fourth-order valence-electron chi connectivity index (χ4n) is 6.74. The van der Waals surface area contributed by atoms with E-state index in [1.54, 1.807) is 10.5 Å². The molecule has 0 N–H and O–H groups in total. The van der Waals surface area contributed by atoms with E-state index in [0.717, 1.165) is 16.6 Å². The van der Waals surface area contributed by atoms with Crippen molar-refractivity contribution in [2.75, 3.05) is 12.5 Å². The average molecular weight is 539 g/mol. The minimum Gasteiger partial charge on any atom is -0.277 e. The van der Waals surface area contributed by atoms with Crippen molar-refractivity contribution in [2.45, 2.75) is 30.6 Å². The van der Waals surface area contributed by atoms with E-state index in [9.17, 15) is 0 Å². The van der Waals surface area contributed by atoms with Crippen LogP contribution >= 0.6 is 10.0 Å². The minimum absolute atomic E-state index is 0.673. The standard InChI is InChI=1S/C35H30N4S/c1-40(2)30-20-12-10-18-26(30)28-22-21-27-25-17-9-11-19-29(25)39(31(27)32(28)40)35-37-33(23-13-5-3-6-14-23)36-34(38-35)24-15-7-4-8-16-24/h3-9,11,13-17,19,21-22H,10,12,18,20H2,1-2H3. The molecule has 0 fully saturated rings. The van der Waals surface area contributed by atoms with Crippen LogP contribution in [-0.2, 0) is 0 Å². The van der Waals surface area contributed by atoms with Gasteiger partial charge in [0.15, 0.2) is 11.6 Å². The summed E-state index contributed by atoms with van der Waals surface area (Å²) in [5.74, 6) is 2.05. The number of nitrogens with zero attached hydrogens (tertiary/aromatic N) is 4. The molecule has 4 aromatic carbocycles. The number of fused-ring (bicyclic) bond motifs is 6. The van der Waals surface area contributed by atoms with Crippen LogP contribution in [-0.4, -0.2) is 32.0 Å². The molecule has 0 unspecified atom stereocenters. The Morgan fingerprint density at radius 1 is 0.625 bits per heavy atom. The van der Waals surface area contributed by atoms with Crippen LogP contribution in [0, 0.1) is 0 Å². The number of aromatic nitrogens is 4. The SMILES string of the molecule is CS1(C)C2=C(CCCC2)c2ccc3c4ccccc4n(-c4nc(-c5ccccc5)nc(-c5ccccc5)n4)c3c21. The molecule has 0 saturated carbocycles. The van der Waals surface area contributed by atoms with Crippen LogP contribution in [0.1, 0.15) is 31.2 Å². The van der Waals surface area contributed by atoms with Crippen LogP contribution in [0.3, 0.4) is 0 Å². The van der Waals surface area contributed by atoms with E-state index in [1.807, 2.05) is 36.4 Å². The zero-order chi connectivity index (χ0) is 26.8. The molecule has 0 amide bonds. The van der Waals surface area contributed by atoms with Crippen molar-refractivity contribution < 1.29 is 0 Å². The van der Waals surface area contributed by atoms with E-state index in [1.165, 1.54) is 52.4 Å². The fraction of sp³-hybridized carbons (Fsp3) is 0.171. The third-order valence-corrected chi connectivity index (χ3v) is 11.7. The van der Waals surface area contributed by atoms with Gasteiger partial charge < -0.3 is 0 Å². The first-order valence-corrected chi connectivity index (χ1v) is 16.5. The lowest BCUT2D eigenvalue weighted by atomic mass is 9.93. The van der Waals surface area contributed by atoms with Crippen LogP contribution in [0.25, 0.3) is 56.1 Å². The molecule has 1 aliphatic carbocycles. The van der Waals surface area contributed by atoms with E-state index in [-0.39, 0.29) is 0 Å². The molecule has 6 aromatic rings. The first kappa shape index (κ1) is 23.6. The van der Waals surface area contributed by atoms with Gasteiger partial charge in [0.2, 0.25) is 5.95 Å². The Morgan fingerprint density at radius 3 is 1.95 bits per heavy atom. The summed E-state index contributed by atoms with van der Waals surface area (Å²) in [6, 6.07) is 33.9. The summed E-state index contributed by atoms with van der Waals surface area (Å²) in [5, 5.41) is 2.51. The molecule has 40 heavy (non-hydrogen) atoms. The topological polar surface area (TPSA) is 43.6 Å². The van der Waals surface area contributed by atoms with Crippen LogP contribution < -0.4 is 0 Å². The van der Waals surface area contributed by atoms with Gasteiger partial charge in [0.05, 0.1) is 11.0 Å².